The summed E-state index contributed by atoms with van der Waals surface area (Å²) in [5.41, 5.74) is 8.35. The highest BCUT2D eigenvalue weighted by Crippen LogP contribution is 2.40. The molecule has 4 heteroatoms. The molecule has 1 atom stereocenters. The Bertz CT molecular complexity index is 668. The first-order chi connectivity index (χ1) is 10.1. The van der Waals surface area contributed by atoms with E-state index in [1.54, 1.807) is 0 Å². The molecular weight excluding hydrogens is 292 g/mol. The number of rotatable bonds is 3. The fourth-order valence-electron chi connectivity index (χ4n) is 2.83. The molecule has 1 fully saturated rings. The minimum absolute atomic E-state index is 0.142. The van der Waals surface area contributed by atoms with Gasteiger partial charge in [-0.05, 0) is 42.0 Å². The molecule has 3 rings (SSSR count). The lowest BCUT2D eigenvalue weighted by Crippen LogP contribution is -2.19. The van der Waals surface area contributed by atoms with Gasteiger partial charge in [-0.1, -0.05) is 42.3 Å². The largest absolute Gasteiger partial charge is 0.320 e. The van der Waals surface area contributed by atoms with Crippen molar-refractivity contribution < 1.29 is 8.78 Å². The number of nitrogens with two attached hydrogens (primary N) is 1. The number of hydrogen-bond donors (Lipinski definition) is 1. The van der Waals surface area contributed by atoms with Crippen molar-refractivity contribution in [2.45, 2.75) is 31.2 Å². The van der Waals surface area contributed by atoms with Gasteiger partial charge in [-0.3, -0.25) is 0 Å². The maximum atomic E-state index is 14.1. The van der Waals surface area contributed by atoms with Crippen molar-refractivity contribution in [1.82, 2.24) is 0 Å². The highest BCUT2D eigenvalue weighted by Gasteiger charge is 2.25. The summed E-state index contributed by atoms with van der Waals surface area (Å²) < 4.78 is 27.7. The molecule has 0 bridgehead atoms. The average molecular weight is 308 g/mol. The van der Waals surface area contributed by atoms with Crippen LogP contribution in [0.4, 0.5) is 8.78 Å². The van der Waals surface area contributed by atoms with Crippen LogP contribution in [0.1, 0.15) is 47.9 Å². The molecule has 0 radical (unpaired) electrons. The van der Waals surface area contributed by atoms with E-state index in [4.69, 9.17) is 17.3 Å². The molecule has 21 heavy (non-hydrogen) atoms. The smallest absolute Gasteiger partial charge is 0.142 e. The number of halogens is 3. The van der Waals surface area contributed by atoms with Crippen LogP contribution < -0.4 is 5.73 Å². The van der Waals surface area contributed by atoms with E-state index in [1.165, 1.54) is 6.42 Å². The minimum Gasteiger partial charge on any atom is -0.320 e. The molecule has 1 aliphatic rings. The maximum absolute atomic E-state index is 14.1. The standard InChI is InChI=1S/C17H16ClF2N/c18-14-9-15(19)13(8-16(14)20)17(21)12-7-2-1-6-11(12)10-4-3-5-10/h1-2,6-10,17H,3-5,21H2. The molecule has 2 aromatic rings. The van der Waals surface area contributed by atoms with Crippen LogP contribution in [-0.4, -0.2) is 0 Å². The fraction of sp³-hybridized carbons (Fsp3) is 0.294. The first-order valence-electron chi connectivity index (χ1n) is 7.06. The van der Waals surface area contributed by atoms with Gasteiger partial charge in [-0.25, -0.2) is 8.78 Å². The summed E-state index contributed by atoms with van der Waals surface area (Å²) in [6.45, 7) is 0. The van der Waals surface area contributed by atoms with E-state index >= 15 is 0 Å². The Morgan fingerprint density at radius 1 is 1.05 bits per heavy atom. The van der Waals surface area contributed by atoms with Crippen LogP contribution in [0.5, 0.6) is 0 Å². The third-order valence-corrected chi connectivity index (χ3v) is 4.54. The Labute approximate surface area is 127 Å². The molecule has 1 aliphatic carbocycles. The summed E-state index contributed by atoms with van der Waals surface area (Å²) in [4.78, 5) is 0. The van der Waals surface area contributed by atoms with E-state index in [0.717, 1.165) is 36.1 Å². The van der Waals surface area contributed by atoms with Crippen molar-refractivity contribution in [3.8, 4) is 0 Å². The van der Waals surface area contributed by atoms with Crippen LogP contribution in [0.15, 0.2) is 36.4 Å². The van der Waals surface area contributed by atoms with E-state index in [0.29, 0.717) is 5.92 Å². The Balaban J connectivity index is 2.02. The van der Waals surface area contributed by atoms with Gasteiger partial charge >= 0.3 is 0 Å². The van der Waals surface area contributed by atoms with Gasteiger partial charge in [-0.2, -0.15) is 0 Å². The van der Waals surface area contributed by atoms with E-state index in [1.807, 2.05) is 24.3 Å². The quantitative estimate of drug-likeness (QED) is 0.799. The first-order valence-corrected chi connectivity index (χ1v) is 7.44. The molecule has 0 saturated heterocycles. The predicted molar refractivity (Wildman–Crippen MR) is 80.4 cm³/mol. The van der Waals surface area contributed by atoms with Crippen molar-refractivity contribution in [3.05, 3.63) is 69.7 Å². The van der Waals surface area contributed by atoms with Crippen molar-refractivity contribution in [3.63, 3.8) is 0 Å². The van der Waals surface area contributed by atoms with Gasteiger partial charge in [0.05, 0.1) is 11.1 Å². The molecule has 0 spiro atoms. The summed E-state index contributed by atoms with van der Waals surface area (Å²) in [5, 5.41) is -0.226. The van der Waals surface area contributed by atoms with Gasteiger partial charge in [-0.15, -0.1) is 0 Å². The zero-order chi connectivity index (χ0) is 15.0. The van der Waals surface area contributed by atoms with Crippen molar-refractivity contribution in [1.29, 1.82) is 0 Å². The van der Waals surface area contributed by atoms with Gasteiger partial charge in [0, 0.05) is 5.56 Å². The minimum atomic E-state index is -0.687. The van der Waals surface area contributed by atoms with Crippen molar-refractivity contribution >= 4 is 11.6 Å². The van der Waals surface area contributed by atoms with E-state index in [2.05, 4.69) is 0 Å². The zero-order valence-electron chi connectivity index (χ0n) is 11.5. The lowest BCUT2D eigenvalue weighted by molar-refractivity contribution is 0.416. The molecule has 1 saturated carbocycles. The van der Waals surface area contributed by atoms with Crippen LogP contribution in [0.3, 0.4) is 0 Å². The normalized spacial score (nSPS) is 16.6. The summed E-state index contributed by atoms with van der Waals surface area (Å²) in [6, 6.07) is 9.16. The number of hydrogen-bond acceptors (Lipinski definition) is 1. The molecule has 2 aromatic carbocycles. The molecule has 0 amide bonds. The summed E-state index contributed by atoms with van der Waals surface area (Å²) in [6.07, 6.45) is 3.46. The third kappa shape index (κ3) is 2.68. The molecule has 1 unspecified atom stereocenters. The van der Waals surface area contributed by atoms with E-state index in [-0.39, 0.29) is 10.6 Å². The van der Waals surface area contributed by atoms with Crippen molar-refractivity contribution in [2.24, 2.45) is 5.73 Å². The highest BCUT2D eigenvalue weighted by atomic mass is 35.5. The van der Waals surface area contributed by atoms with Crippen LogP contribution in [0, 0.1) is 11.6 Å². The van der Waals surface area contributed by atoms with Crippen molar-refractivity contribution in [2.75, 3.05) is 0 Å². The summed E-state index contributed by atoms with van der Waals surface area (Å²) in [7, 11) is 0. The van der Waals surface area contributed by atoms with Crippen LogP contribution in [-0.2, 0) is 0 Å². The fourth-order valence-corrected chi connectivity index (χ4v) is 2.98. The monoisotopic (exact) mass is 307 g/mol. The molecule has 110 valence electrons. The van der Waals surface area contributed by atoms with Gasteiger partial charge in [0.15, 0.2) is 0 Å². The maximum Gasteiger partial charge on any atom is 0.142 e. The van der Waals surface area contributed by atoms with E-state index < -0.39 is 17.7 Å². The Kier molecular flexibility index (Phi) is 3.96. The average Bonchev–Trinajstić information content (AvgIpc) is 2.41. The highest BCUT2D eigenvalue weighted by molar-refractivity contribution is 6.30. The predicted octanol–water partition coefficient (Wildman–Crippen LogP) is 4.93. The Hall–Kier alpha value is -1.45. The first kappa shape index (κ1) is 14.5. The molecule has 0 aromatic heterocycles. The van der Waals surface area contributed by atoms with Crippen LogP contribution >= 0.6 is 11.6 Å². The lowest BCUT2D eigenvalue weighted by Gasteiger charge is -2.29. The second-order valence-electron chi connectivity index (χ2n) is 5.52. The zero-order valence-corrected chi connectivity index (χ0v) is 12.2. The Morgan fingerprint density at radius 2 is 1.76 bits per heavy atom. The summed E-state index contributed by atoms with van der Waals surface area (Å²) in [5.74, 6) is -0.741. The number of benzene rings is 2. The van der Waals surface area contributed by atoms with Crippen LogP contribution in [0.2, 0.25) is 5.02 Å². The SMILES string of the molecule is NC(c1cc(F)c(Cl)cc1F)c1ccccc1C1CCC1. The van der Waals surface area contributed by atoms with Gasteiger partial charge < -0.3 is 5.73 Å². The molecule has 0 heterocycles. The van der Waals surface area contributed by atoms with Gasteiger partial charge in [0.25, 0.3) is 0 Å². The second kappa shape index (κ2) is 5.74. The molecule has 2 N–H and O–H groups in total. The summed E-state index contributed by atoms with van der Waals surface area (Å²) >= 11 is 5.59. The second-order valence-corrected chi connectivity index (χ2v) is 5.93. The molecule has 0 aliphatic heterocycles. The van der Waals surface area contributed by atoms with E-state index in [9.17, 15) is 8.78 Å². The van der Waals surface area contributed by atoms with Crippen LogP contribution in [0.25, 0.3) is 0 Å². The van der Waals surface area contributed by atoms with Gasteiger partial charge in [0.1, 0.15) is 11.6 Å². The molecular formula is C17H16ClF2N. The molecule has 1 nitrogen and oxygen atoms in total. The lowest BCUT2D eigenvalue weighted by atomic mass is 9.76. The topological polar surface area (TPSA) is 26.0 Å². The third-order valence-electron chi connectivity index (χ3n) is 4.25. The Morgan fingerprint density at radius 3 is 2.43 bits per heavy atom. The van der Waals surface area contributed by atoms with Gasteiger partial charge in [0.2, 0.25) is 0 Å².